The summed E-state index contributed by atoms with van der Waals surface area (Å²) in [6.45, 7) is 19.5. The van der Waals surface area contributed by atoms with Crippen molar-refractivity contribution in [2.24, 2.45) is 0 Å². The van der Waals surface area contributed by atoms with Crippen LogP contribution in [-0.2, 0) is 10.8 Å². The molecule has 0 atom stereocenters. The summed E-state index contributed by atoms with van der Waals surface area (Å²) in [4.78, 5) is 0. The zero-order chi connectivity index (χ0) is 19.8. The SMILES string of the molecule is CC.COc1c(C(C)(C)C)cc(/C(C)=C/SSC=S)cc1C(C)(C)C. The van der Waals surface area contributed by atoms with Gasteiger partial charge >= 0.3 is 0 Å². The number of rotatable bonds is 5. The van der Waals surface area contributed by atoms with Crippen molar-refractivity contribution in [1.29, 1.82) is 0 Å². The molecule has 142 valence electrons. The van der Waals surface area contributed by atoms with Crippen LogP contribution < -0.4 is 4.74 Å². The molecule has 4 heteroatoms. The Morgan fingerprint density at radius 2 is 1.40 bits per heavy atom. The van der Waals surface area contributed by atoms with E-state index in [0.717, 1.165) is 5.75 Å². The highest BCUT2D eigenvalue weighted by atomic mass is 33.1. The van der Waals surface area contributed by atoms with Gasteiger partial charge in [-0.15, -0.1) is 0 Å². The van der Waals surface area contributed by atoms with Gasteiger partial charge in [-0.3, -0.25) is 0 Å². The van der Waals surface area contributed by atoms with Crippen LogP contribution in [-0.4, -0.2) is 11.8 Å². The second kappa shape index (κ2) is 10.6. The normalized spacial score (nSPS) is 12.3. The Labute approximate surface area is 168 Å². The van der Waals surface area contributed by atoms with Gasteiger partial charge in [0, 0.05) is 15.8 Å². The smallest absolute Gasteiger partial charge is 0.126 e. The van der Waals surface area contributed by atoms with Crippen molar-refractivity contribution in [2.75, 3.05) is 7.11 Å². The third-order valence-corrected chi connectivity index (χ3v) is 5.89. The van der Waals surface area contributed by atoms with Crippen LogP contribution in [0.5, 0.6) is 5.75 Å². The molecule has 1 aromatic carbocycles. The van der Waals surface area contributed by atoms with Crippen LogP contribution in [0.15, 0.2) is 17.5 Å². The van der Waals surface area contributed by atoms with E-state index in [1.807, 2.05) is 13.8 Å². The largest absolute Gasteiger partial charge is 0.496 e. The summed E-state index contributed by atoms with van der Waals surface area (Å²) in [5.41, 5.74) is 5.05. The number of methoxy groups -OCH3 is 1. The van der Waals surface area contributed by atoms with Crippen LogP contribution in [0.1, 0.15) is 79.0 Å². The lowest BCUT2D eigenvalue weighted by Crippen LogP contribution is -2.19. The van der Waals surface area contributed by atoms with Crippen LogP contribution in [0, 0.1) is 0 Å². The first-order valence-electron chi connectivity index (χ1n) is 8.68. The standard InChI is InChI=1S/C19H28OS3.C2H6/c1-13(11-22-23-12-21)14-9-15(18(2,3)4)17(20-8)16(10-14)19(5,6)7;1-2/h9-12H,1-8H3;1-2H3/b13-11+;. The molecule has 25 heavy (non-hydrogen) atoms. The summed E-state index contributed by atoms with van der Waals surface area (Å²) in [6, 6.07) is 4.53. The van der Waals surface area contributed by atoms with Crippen molar-refractivity contribution in [1.82, 2.24) is 0 Å². The summed E-state index contributed by atoms with van der Waals surface area (Å²) in [5, 5.41) is 2.16. The zero-order valence-electron chi connectivity index (χ0n) is 17.4. The molecule has 0 saturated heterocycles. The van der Waals surface area contributed by atoms with Gasteiger partial charge in [-0.25, -0.2) is 0 Å². The third kappa shape index (κ3) is 7.36. The fourth-order valence-electron chi connectivity index (χ4n) is 2.38. The molecule has 0 aliphatic carbocycles. The minimum atomic E-state index is 0.0257. The molecule has 1 aromatic rings. The average molecular weight is 399 g/mol. The van der Waals surface area contributed by atoms with E-state index < -0.39 is 0 Å². The molecule has 0 aliphatic rings. The second-order valence-corrected chi connectivity index (χ2v) is 10.2. The van der Waals surface area contributed by atoms with Gasteiger partial charge in [0.05, 0.1) is 7.11 Å². The average Bonchev–Trinajstić information content (AvgIpc) is 2.53. The highest BCUT2D eigenvalue weighted by Crippen LogP contribution is 2.42. The Bertz CT molecular complexity index is 555. The fraction of sp³-hybridized carbons (Fsp3) is 0.571. The van der Waals surface area contributed by atoms with E-state index in [2.05, 4.69) is 66.0 Å². The predicted octanol–water partition coefficient (Wildman–Crippen LogP) is 8.02. The zero-order valence-corrected chi connectivity index (χ0v) is 19.9. The minimum absolute atomic E-state index is 0.0257. The molecule has 0 unspecified atom stereocenters. The van der Waals surface area contributed by atoms with Crippen LogP contribution >= 0.6 is 33.8 Å². The molecule has 0 radical (unpaired) electrons. The molecule has 0 aliphatic heterocycles. The maximum Gasteiger partial charge on any atom is 0.126 e. The van der Waals surface area contributed by atoms with E-state index in [0.29, 0.717) is 0 Å². The van der Waals surface area contributed by atoms with Gasteiger partial charge in [0.15, 0.2) is 0 Å². The van der Waals surface area contributed by atoms with Crippen molar-refractivity contribution in [2.45, 2.75) is 73.1 Å². The fourth-order valence-corrected chi connectivity index (χ4v) is 3.91. The lowest BCUT2D eigenvalue weighted by molar-refractivity contribution is 0.381. The van der Waals surface area contributed by atoms with E-state index in [1.165, 1.54) is 22.3 Å². The molecule has 0 heterocycles. The van der Waals surface area contributed by atoms with Gasteiger partial charge < -0.3 is 4.74 Å². The quantitative estimate of drug-likeness (QED) is 0.282. The number of hydrogen-bond acceptors (Lipinski definition) is 4. The number of benzene rings is 1. The first-order chi connectivity index (χ1) is 11.5. The van der Waals surface area contributed by atoms with Gasteiger partial charge in [0.25, 0.3) is 0 Å². The molecule has 0 aromatic heterocycles. The van der Waals surface area contributed by atoms with Crippen molar-refractivity contribution in [3.63, 3.8) is 0 Å². The Balaban J connectivity index is 0.00000277. The Morgan fingerprint density at radius 3 is 1.72 bits per heavy atom. The Kier molecular flexibility index (Phi) is 10.4. The molecule has 0 bridgehead atoms. The lowest BCUT2D eigenvalue weighted by atomic mass is 9.78. The number of allylic oxidation sites excluding steroid dienone is 1. The lowest BCUT2D eigenvalue weighted by Gasteiger charge is -2.30. The Hall–Kier alpha value is -0.450. The van der Waals surface area contributed by atoms with Gasteiger partial charge in [-0.2, -0.15) is 0 Å². The molecular weight excluding hydrogens is 364 g/mol. The summed E-state index contributed by atoms with van der Waals surface area (Å²) < 4.78 is 7.50. The van der Waals surface area contributed by atoms with E-state index in [1.54, 1.807) is 33.4 Å². The molecule has 0 fully saturated rings. The number of hydrogen-bond donors (Lipinski definition) is 0. The molecule has 0 amide bonds. The monoisotopic (exact) mass is 398 g/mol. The van der Waals surface area contributed by atoms with Crippen LogP contribution in [0.2, 0.25) is 0 Å². The Morgan fingerprint density at radius 1 is 0.960 bits per heavy atom. The van der Waals surface area contributed by atoms with Crippen LogP contribution in [0.25, 0.3) is 5.57 Å². The minimum Gasteiger partial charge on any atom is -0.496 e. The summed E-state index contributed by atoms with van der Waals surface area (Å²) in [5.74, 6) is 1.02. The topological polar surface area (TPSA) is 9.23 Å². The molecule has 0 spiro atoms. The van der Waals surface area contributed by atoms with Gasteiger partial charge in [-0.05, 0) is 57.2 Å². The van der Waals surface area contributed by atoms with Crippen molar-refractivity contribution in [3.05, 3.63) is 34.2 Å². The number of ether oxygens (including phenoxy) is 1. The summed E-state index contributed by atoms with van der Waals surface area (Å²) in [6.07, 6.45) is 0. The molecule has 0 N–H and O–H groups in total. The highest BCUT2D eigenvalue weighted by molar-refractivity contribution is 8.84. The molecular formula is C21H34OS3. The first-order valence-corrected chi connectivity index (χ1v) is 11.4. The summed E-state index contributed by atoms with van der Waals surface area (Å²) >= 11 is 4.86. The number of thiocarbonyl (C=S) groups is 1. The summed E-state index contributed by atoms with van der Waals surface area (Å²) in [7, 11) is 4.99. The molecule has 1 rings (SSSR count). The van der Waals surface area contributed by atoms with Crippen LogP contribution in [0.4, 0.5) is 0 Å². The van der Waals surface area contributed by atoms with E-state index in [4.69, 9.17) is 17.0 Å². The first kappa shape index (κ1) is 24.6. The maximum absolute atomic E-state index is 5.82. The van der Waals surface area contributed by atoms with E-state index in [9.17, 15) is 0 Å². The van der Waals surface area contributed by atoms with Crippen molar-refractivity contribution in [3.8, 4) is 5.75 Å². The van der Waals surface area contributed by atoms with Gasteiger partial charge in [0.1, 0.15) is 5.75 Å². The van der Waals surface area contributed by atoms with Gasteiger partial charge in [-0.1, -0.05) is 78.4 Å². The van der Waals surface area contributed by atoms with E-state index in [-0.39, 0.29) is 10.8 Å². The van der Waals surface area contributed by atoms with E-state index >= 15 is 0 Å². The maximum atomic E-state index is 5.82. The van der Waals surface area contributed by atoms with Gasteiger partial charge in [0.2, 0.25) is 0 Å². The third-order valence-electron chi connectivity index (χ3n) is 3.68. The molecule has 0 saturated carbocycles. The molecule has 1 nitrogen and oxygen atoms in total. The van der Waals surface area contributed by atoms with Crippen molar-refractivity contribution < 1.29 is 4.74 Å². The van der Waals surface area contributed by atoms with Crippen LogP contribution in [0.3, 0.4) is 0 Å². The predicted molar refractivity (Wildman–Crippen MR) is 124 cm³/mol. The second-order valence-electron chi connectivity index (χ2n) is 7.69. The highest BCUT2D eigenvalue weighted by Gasteiger charge is 2.27. The van der Waals surface area contributed by atoms with Crippen molar-refractivity contribution >= 4 is 44.1 Å².